The maximum absolute atomic E-state index is 10.8. The van der Waals surface area contributed by atoms with E-state index >= 15 is 0 Å². The van der Waals surface area contributed by atoms with Crippen molar-refractivity contribution in [3.05, 3.63) is 52.7 Å². The average molecular weight is 413 g/mol. The third-order valence-electron chi connectivity index (χ3n) is 4.60. The zero-order valence-corrected chi connectivity index (χ0v) is 16.5. The number of hydrogen-bond acceptors (Lipinski definition) is 8. The molecule has 1 fully saturated rings. The number of aromatic nitrogens is 4. The van der Waals surface area contributed by atoms with Gasteiger partial charge in [0.25, 0.3) is 5.69 Å². The van der Waals surface area contributed by atoms with Gasteiger partial charge in [0.05, 0.1) is 24.7 Å². The smallest absolute Gasteiger partial charge is 0.287 e. The van der Waals surface area contributed by atoms with Crippen LogP contribution in [-0.4, -0.2) is 44.5 Å². The number of hydrogen-bond donors (Lipinski definition) is 0. The lowest BCUT2D eigenvalue weighted by atomic mass is 10.2. The summed E-state index contributed by atoms with van der Waals surface area (Å²) < 4.78 is 13.1. The van der Waals surface area contributed by atoms with Gasteiger partial charge in [0.2, 0.25) is 0 Å². The summed E-state index contributed by atoms with van der Waals surface area (Å²) in [6.45, 7) is 1.39. The molecule has 3 heterocycles. The summed E-state index contributed by atoms with van der Waals surface area (Å²) in [6, 6.07) is 10.7. The van der Waals surface area contributed by atoms with Gasteiger partial charge in [-0.3, -0.25) is 14.7 Å². The predicted octanol–water partition coefficient (Wildman–Crippen LogP) is 3.59. The molecule has 1 saturated heterocycles. The molecule has 1 aromatic carbocycles. The van der Waals surface area contributed by atoms with E-state index < -0.39 is 4.92 Å². The third kappa shape index (κ3) is 4.38. The number of rotatable bonds is 7. The Bertz CT molecular complexity index is 985. The Morgan fingerprint density at radius 3 is 2.72 bits per heavy atom. The SMILES string of the molecule is COc1ccc(-c2nnc(Sc3ccc([N+](=O)[O-])cn3)n2C[C@H]2CCCO2)cc1. The first-order valence-corrected chi connectivity index (χ1v) is 9.93. The van der Waals surface area contributed by atoms with E-state index in [2.05, 4.69) is 15.2 Å². The van der Waals surface area contributed by atoms with Crippen LogP contribution in [0.4, 0.5) is 5.69 Å². The molecule has 1 aliphatic heterocycles. The summed E-state index contributed by atoms with van der Waals surface area (Å²) in [6.07, 6.45) is 3.37. The number of ether oxygens (including phenoxy) is 2. The Morgan fingerprint density at radius 1 is 1.28 bits per heavy atom. The molecule has 0 spiro atoms. The molecule has 0 amide bonds. The highest BCUT2D eigenvalue weighted by molar-refractivity contribution is 7.99. The lowest BCUT2D eigenvalue weighted by Crippen LogP contribution is -2.16. The Kier molecular flexibility index (Phi) is 5.72. The molecule has 1 aliphatic rings. The van der Waals surface area contributed by atoms with Gasteiger partial charge in [0, 0.05) is 18.2 Å². The molecule has 0 aliphatic carbocycles. The summed E-state index contributed by atoms with van der Waals surface area (Å²) in [5.41, 5.74) is 0.869. The van der Waals surface area contributed by atoms with E-state index in [-0.39, 0.29) is 11.8 Å². The molecule has 0 radical (unpaired) electrons. The van der Waals surface area contributed by atoms with E-state index in [9.17, 15) is 10.1 Å². The number of methoxy groups -OCH3 is 1. The predicted molar refractivity (Wildman–Crippen MR) is 106 cm³/mol. The number of nitro groups is 1. The van der Waals surface area contributed by atoms with Crippen LogP contribution >= 0.6 is 11.8 Å². The van der Waals surface area contributed by atoms with Gasteiger partial charge in [0.1, 0.15) is 17.0 Å². The number of pyridine rings is 1. The van der Waals surface area contributed by atoms with Crippen LogP contribution in [0.2, 0.25) is 0 Å². The third-order valence-corrected chi connectivity index (χ3v) is 5.54. The molecule has 0 N–H and O–H groups in total. The van der Waals surface area contributed by atoms with Crippen LogP contribution in [0.15, 0.2) is 52.8 Å². The van der Waals surface area contributed by atoms with Crippen LogP contribution in [0.1, 0.15) is 12.8 Å². The van der Waals surface area contributed by atoms with Gasteiger partial charge >= 0.3 is 0 Å². The molecule has 150 valence electrons. The number of nitrogens with zero attached hydrogens (tertiary/aromatic N) is 5. The van der Waals surface area contributed by atoms with Crippen molar-refractivity contribution in [1.82, 2.24) is 19.7 Å². The number of benzene rings is 1. The van der Waals surface area contributed by atoms with Crippen molar-refractivity contribution in [2.45, 2.75) is 35.7 Å². The van der Waals surface area contributed by atoms with E-state index in [1.54, 1.807) is 13.2 Å². The molecule has 29 heavy (non-hydrogen) atoms. The molecular weight excluding hydrogens is 394 g/mol. The average Bonchev–Trinajstić information content (AvgIpc) is 3.39. The van der Waals surface area contributed by atoms with Gasteiger partial charge in [0.15, 0.2) is 11.0 Å². The zero-order valence-electron chi connectivity index (χ0n) is 15.7. The molecular formula is C19H19N5O4S. The summed E-state index contributed by atoms with van der Waals surface area (Å²) >= 11 is 1.32. The maximum atomic E-state index is 10.8. The summed E-state index contributed by atoms with van der Waals surface area (Å²) in [4.78, 5) is 14.5. The van der Waals surface area contributed by atoms with Crippen LogP contribution in [0.25, 0.3) is 11.4 Å². The van der Waals surface area contributed by atoms with E-state index in [0.717, 1.165) is 36.6 Å². The van der Waals surface area contributed by atoms with E-state index in [1.807, 2.05) is 28.8 Å². The first-order valence-electron chi connectivity index (χ1n) is 9.11. The standard InChI is InChI=1S/C19H19N5O4S/c1-27-15-7-4-13(5-8-15)18-21-22-19(23(18)12-16-3-2-10-28-16)29-17-9-6-14(11-20-17)24(25)26/h4-9,11,16H,2-3,10,12H2,1H3/t16-/m1/s1. The second-order valence-electron chi connectivity index (χ2n) is 6.49. The summed E-state index contributed by atoms with van der Waals surface area (Å²) in [7, 11) is 1.63. The summed E-state index contributed by atoms with van der Waals surface area (Å²) in [5.74, 6) is 1.50. The van der Waals surface area contributed by atoms with Crippen LogP contribution < -0.4 is 4.74 Å². The van der Waals surface area contributed by atoms with Crippen molar-refractivity contribution in [2.24, 2.45) is 0 Å². The zero-order chi connectivity index (χ0) is 20.2. The van der Waals surface area contributed by atoms with Crippen molar-refractivity contribution < 1.29 is 14.4 Å². The van der Waals surface area contributed by atoms with E-state index in [1.165, 1.54) is 24.0 Å². The van der Waals surface area contributed by atoms with Crippen LogP contribution in [-0.2, 0) is 11.3 Å². The van der Waals surface area contributed by atoms with Crippen LogP contribution in [0.5, 0.6) is 5.75 Å². The van der Waals surface area contributed by atoms with E-state index in [0.29, 0.717) is 16.7 Å². The first kappa shape index (κ1) is 19.3. The van der Waals surface area contributed by atoms with Gasteiger partial charge in [-0.15, -0.1) is 10.2 Å². The van der Waals surface area contributed by atoms with Crippen molar-refractivity contribution in [1.29, 1.82) is 0 Å². The highest BCUT2D eigenvalue weighted by Crippen LogP contribution is 2.31. The van der Waals surface area contributed by atoms with Gasteiger partial charge < -0.3 is 9.47 Å². The second-order valence-corrected chi connectivity index (χ2v) is 7.48. The topological polar surface area (TPSA) is 105 Å². The van der Waals surface area contributed by atoms with Gasteiger partial charge in [-0.05, 0) is 54.9 Å². The highest BCUT2D eigenvalue weighted by Gasteiger charge is 2.22. The van der Waals surface area contributed by atoms with Crippen molar-refractivity contribution in [3.8, 4) is 17.1 Å². The van der Waals surface area contributed by atoms with Gasteiger partial charge in [-0.2, -0.15) is 0 Å². The lowest BCUT2D eigenvalue weighted by molar-refractivity contribution is -0.385. The fourth-order valence-corrected chi connectivity index (χ4v) is 3.89. The quantitative estimate of drug-likeness (QED) is 0.427. The molecule has 0 unspecified atom stereocenters. The maximum Gasteiger partial charge on any atom is 0.287 e. The van der Waals surface area contributed by atoms with Crippen molar-refractivity contribution in [3.63, 3.8) is 0 Å². The molecule has 10 heteroatoms. The molecule has 9 nitrogen and oxygen atoms in total. The molecule has 1 atom stereocenters. The van der Waals surface area contributed by atoms with Gasteiger partial charge in [-0.25, -0.2) is 4.98 Å². The van der Waals surface area contributed by atoms with E-state index in [4.69, 9.17) is 9.47 Å². The van der Waals surface area contributed by atoms with Crippen molar-refractivity contribution >= 4 is 17.4 Å². The molecule has 4 rings (SSSR count). The molecule has 3 aromatic rings. The fourth-order valence-electron chi connectivity index (χ4n) is 3.11. The second kappa shape index (κ2) is 8.58. The van der Waals surface area contributed by atoms with Crippen LogP contribution in [0, 0.1) is 10.1 Å². The largest absolute Gasteiger partial charge is 0.497 e. The molecule has 0 saturated carbocycles. The Balaban J connectivity index is 1.64. The normalized spacial score (nSPS) is 16.1. The van der Waals surface area contributed by atoms with Crippen molar-refractivity contribution in [2.75, 3.05) is 13.7 Å². The Labute approximate surface area is 171 Å². The molecule has 2 aromatic heterocycles. The minimum absolute atomic E-state index is 0.0471. The monoisotopic (exact) mass is 413 g/mol. The Hall–Kier alpha value is -2.98. The Morgan fingerprint density at radius 2 is 2.10 bits per heavy atom. The summed E-state index contributed by atoms with van der Waals surface area (Å²) in [5, 5.41) is 20.8. The van der Waals surface area contributed by atoms with Gasteiger partial charge in [-0.1, -0.05) is 0 Å². The minimum Gasteiger partial charge on any atom is -0.497 e. The fraction of sp³-hybridized carbons (Fsp3) is 0.316. The van der Waals surface area contributed by atoms with Crippen LogP contribution in [0.3, 0.4) is 0 Å². The highest BCUT2D eigenvalue weighted by atomic mass is 32.2. The first-order chi connectivity index (χ1) is 14.1. The lowest BCUT2D eigenvalue weighted by Gasteiger charge is -2.14. The molecule has 0 bridgehead atoms. The minimum atomic E-state index is -0.469.